The van der Waals surface area contributed by atoms with Crippen LogP contribution in [0.3, 0.4) is 0 Å². The third-order valence-electron chi connectivity index (χ3n) is 2.03. The highest BCUT2D eigenvalue weighted by molar-refractivity contribution is 5.83. The number of aliphatic carboxylic acids is 1. The van der Waals surface area contributed by atoms with Crippen molar-refractivity contribution in [2.45, 2.75) is 19.9 Å². The van der Waals surface area contributed by atoms with Crippen LogP contribution in [0, 0.1) is 0 Å². The molecule has 0 saturated carbocycles. The Kier molecular flexibility index (Phi) is 3.46. The quantitative estimate of drug-likeness (QED) is 0.435. The molecule has 0 aromatic heterocycles. The van der Waals surface area contributed by atoms with E-state index in [0.717, 1.165) is 0 Å². The molecule has 0 aliphatic carbocycles. The third-order valence-corrected chi connectivity index (χ3v) is 2.03. The molecule has 12 heavy (non-hydrogen) atoms. The van der Waals surface area contributed by atoms with E-state index in [1.807, 2.05) is 28.1 Å². The Morgan fingerprint density at radius 2 is 1.83 bits per heavy atom. The van der Waals surface area contributed by atoms with E-state index in [4.69, 9.17) is 0 Å². The van der Waals surface area contributed by atoms with Gasteiger partial charge in [0, 0.05) is 0 Å². The Morgan fingerprint density at radius 1 is 1.42 bits per heavy atom. The standard InChI is InChI=1S/C9H17NO2/c1-7(9(11)12)6-8(2)10(3,4)5/h6,8H,1-5H3. The van der Waals surface area contributed by atoms with Gasteiger partial charge in [0.25, 0.3) is 0 Å². The SMILES string of the molecule is CC(=CC(C)[N+](C)(C)C)C(=O)[O-]. The minimum atomic E-state index is -1.09. The number of rotatable bonds is 3. The van der Waals surface area contributed by atoms with Crippen LogP contribution in [0.15, 0.2) is 11.6 Å². The first-order valence-corrected chi connectivity index (χ1v) is 3.96. The van der Waals surface area contributed by atoms with Gasteiger partial charge in [-0.1, -0.05) is 0 Å². The van der Waals surface area contributed by atoms with Crippen molar-refractivity contribution in [2.75, 3.05) is 21.1 Å². The van der Waals surface area contributed by atoms with Crippen molar-refractivity contribution in [1.82, 2.24) is 0 Å². The second-order valence-corrected chi connectivity index (χ2v) is 3.99. The summed E-state index contributed by atoms with van der Waals surface area (Å²) in [6.07, 6.45) is 1.72. The molecule has 1 unspecified atom stereocenters. The molecular formula is C9H17NO2. The molecule has 0 spiro atoms. The molecule has 0 aromatic rings. The van der Waals surface area contributed by atoms with Gasteiger partial charge in [-0.2, -0.15) is 0 Å². The molecule has 0 aromatic carbocycles. The first kappa shape index (κ1) is 11.2. The molecule has 0 rings (SSSR count). The van der Waals surface area contributed by atoms with Gasteiger partial charge >= 0.3 is 0 Å². The summed E-state index contributed by atoms with van der Waals surface area (Å²) in [7, 11) is 6.05. The summed E-state index contributed by atoms with van der Waals surface area (Å²) in [5.74, 6) is -1.09. The minimum Gasteiger partial charge on any atom is -0.545 e. The number of nitrogens with zero attached hydrogens (tertiary/aromatic N) is 1. The monoisotopic (exact) mass is 171 g/mol. The fourth-order valence-corrected chi connectivity index (χ4v) is 0.653. The highest BCUT2D eigenvalue weighted by Gasteiger charge is 2.15. The number of carboxylic acid groups (broad SMARTS) is 1. The summed E-state index contributed by atoms with van der Waals surface area (Å²) < 4.78 is 0.713. The molecule has 0 heterocycles. The van der Waals surface area contributed by atoms with E-state index in [1.165, 1.54) is 0 Å². The van der Waals surface area contributed by atoms with Crippen LogP contribution in [0.25, 0.3) is 0 Å². The van der Waals surface area contributed by atoms with Crippen LogP contribution in [-0.4, -0.2) is 37.6 Å². The van der Waals surface area contributed by atoms with Crippen molar-refractivity contribution in [3.63, 3.8) is 0 Å². The Hall–Kier alpha value is -0.830. The van der Waals surface area contributed by atoms with Gasteiger partial charge in [-0.3, -0.25) is 0 Å². The van der Waals surface area contributed by atoms with Crippen LogP contribution in [0.5, 0.6) is 0 Å². The third kappa shape index (κ3) is 3.53. The largest absolute Gasteiger partial charge is 0.545 e. The lowest BCUT2D eigenvalue weighted by molar-refractivity contribution is -0.887. The second kappa shape index (κ2) is 3.72. The van der Waals surface area contributed by atoms with Crippen LogP contribution in [-0.2, 0) is 4.79 Å². The highest BCUT2D eigenvalue weighted by atomic mass is 16.4. The first-order valence-electron chi connectivity index (χ1n) is 3.96. The molecule has 0 aliphatic rings. The maximum atomic E-state index is 10.4. The molecule has 1 atom stereocenters. The van der Waals surface area contributed by atoms with Crippen LogP contribution in [0.4, 0.5) is 0 Å². The number of carboxylic acids is 1. The van der Waals surface area contributed by atoms with Gasteiger partial charge in [0.2, 0.25) is 0 Å². The van der Waals surface area contributed by atoms with Crippen molar-refractivity contribution in [1.29, 1.82) is 0 Å². The van der Waals surface area contributed by atoms with Gasteiger partial charge in [0.15, 0.2) is 0 Å². The lowest BCUT2D eigenvalue weighted by atomic mass is 10.2. The fourth-order valence-electron chi connectivity index (χ4n) is 0.653. The first-order chi connectivity index (χ1) is 5.25. The van der Waals surface area contributed by atoms with E-state index < -0.39 is 5.97 Å². The van der Waals surface area contributed by atoms with E-state index >= 15 is 0 Å². The Balaban J connectivity index is 4.44. The summed E-state index contributed by atoms with van der Waals surface area (Å²) >= 11 is 0. The summed E-state index contributed by atoms with van der Waals surface area (Å²) in [5.41, 5.74) is 0.301. The zero-order chi connectivity index (χ0) is 9.94. The van der Waals surface area contributed by atoms with Gasteiger partial charge in [-0.15, -0.1) is 0 Å². The molecule has 3 nitrogen and oxygen atoms in total. The van der Waals surface area contributed by atoms with E-state index in [2.05, 4.69) is 0 Å². The highest BCUT2D eigenvalue weighted by Crippen LogP contribution is 2.05. The number of carbonyl (C=O) groups is 1. The van der Waals surface area contributed by atoms with Crippen molar-refractivity contribution in [2.24, 2.45) is 0 Å². The van der Waals surface area contributed by atoms with Crippen LogP contribution >= 0.6 is 0 Å². The molecular weight excluding hydrogens is 154 g/mol. The Morgan fingerprint density at radius 3 is 2.08 bits per heavy atom. The maximum Gasteiger partial charge on any atom is 0.105 e. The van der Waals surface area contributed by atoms with E-state index in [0.29, 0.717) is 10.1 Å². The molecule has 3 heteroatoms. The van der Waals surface area contributed by atoms with Crippen LogP contribution < -0.4 is 5.11 Å². The van der Waals surface area contributed by atoms with Gasteiger partial charge in [-0.25, -0.2) is 0 Å². The van der Waals surface area contributed by atoms with Crippen molar-refractivity contribution < 1.29 is 14.4 Å². The predicted octanol–water partition coefficient (Wildman–Crippen LogP) is -0.223. The second-order valence-electron chi connectivity index (χ2n) is 3.99. The number of hydrogen-bond donors (Lipinski definition) is 0. The Bertz CT molecular complexity index is 201. The van der Waals surface area contributed by atoms with E-state index in [-0.39, 0.29) is 6.04 Å². The molecule has 0 N–H and O–H groups in total. The predicted molar refractivity (Wildman–Crippen MR) is 46.3 cm³/mol. The van der Waals surface area contributed by atoms with Crippen molar-refractivity contribution in [3.8, 4) is 0 Å². The lowest BCUT2D eigenvalue weighted by Gasteiger charge is -2.30. The lowest BCUT2D eigenvalue weighted by Crippen LogP contribution is -2.42. The van der Waals surface area contributed by atoms with Crippen molar-refractivity contribution >= 4 is 5.97 Å². The number of carbonyl (C=O) groups excluding carboxylic acids is 1. The van der Waals surface area contributed by atoms with Gasteiger partial charge in [0.05, 0.1) is 27.1 Å². The average molecular weight is 171 g/mol. The number of likely N-dealkylation sites (N-methyl/N-ethyl adjacent to an activating group) is 1. The number of quaternary nitrogens is 1. The van der Waals surface area contributed by atoms with Crippen LogP contribution in [0.1, 0.15) is 13.8 Å². The minimum absolute atomic E-state index is 0.183. The molecule has 0 amide bonds. The summed E-state index contributed by atoms with van der Waals surface area (Å²) in [4.78, 5) is 10.4. The molecule has 0 fully saturated rings. The Labute approximate surface area is 73.9 Å². The molecule has 0 radical (unpaired) electrons. The van der Waals surface area contributed by atoms with Gasteiger partial charge in [0.1, 0.15) is 6.04 Å². The van der Waals surface area contributed by atoms with E-state index in [1.54, 1.807) is 13.0 Å². The summed E-state index contributed by atoms with van der Waals surface area (Å²) in [5, 5.41) is 10.4. The normalized spacial score (nSPS) is 15.9. The molecule has 0 aliphatic heterocycles. The van der Waals surface area contributed by atoms with Gasteiger partial charge in [-0.05, 0) is 25.5 Å². The summed E-state index contributed by atoms with van der Waals surface area (Å²) in [6.45, 7) is 3.54. The van der Waals surface area contributed by atoms with Gasteiger partial charge < -0.3 is 14.4 Å². The van der Waals surface area contributed by atoms with E-state index in [9.17, 15) is 9.90 Å². The summed E-state index contributed by atoms with van der Waals surface area (Å²) in [6, 6.07) is 0.183. The molecule has 0 bridgehead atoms. The molecule has 70 valence electrons. The maximum absolute atomic E-state index is 10.4. The zero-order valence-corrected chi connectivity index (χ0v) is 8.42. The number of hydrogen-bond acceptors (Lipinski definition) is 2. The zero-order valence-electron chi connectivity index (χ0n) is 8.42. The van der Waals surface area contributed by atoms with Crippen LogP contribution in [0.2, 0.25) is 0 Å². The molecule has 0 saturated heterocycles. The smallest absolute Gasteiger partial charge is 0.105 e. The van der Waals surface area contributed by atoms with Crippen molar-refractivity contribution in [3.05, 3.63) is 11.6 Å². The topological polar surface area (TPSA) is 40.1 Å². The fraction of sp³-hybridized carbons (Fsp3) is 0.667. The average Bonchev–Trinajstić information content (AvgIpc) is 1.85.